The van der Waals surface area contributed by atoms with E-state index in [4.69, 9.17) is 10.2 Å². The minimum Gasteiger partial charge on any atom is -0.363 e. The molecule has 0 aliphatic heterocycles. The molecule has 3 rings (SSSR count). The van der Waals surface area contributed by atoms with Gasteiger partial charge in [-0.15, -0.1) is 0 Å². The van der Waals surface area contributed by atoms with Crippen LogP contribution in [-0.4, -0.2) is 28.7 Å². The third-order valence-corrected chi connectivity index (χ3v) is 4.46. The van der Waals surface area contributed by atoms with Crippen LogP contribution in [0.15, 0.2) is 18.3 Å². The minimum atomic E-state index is 0.513. The van der Waals surface area contributed by atoms with Gasteiger partial charge in [0.2, 0.25) is 0 Å². The highest BCUT2D eigenvalue weighted by atomic mass is 15.3. The summed E-state index contributed by atoms with van der Waals surface area (Å²) in [6.07, 6.45) is 7.05. The summed E-state index contributed by atoms with van der Waals surface area (Å²) in [6, 6.07) is 6.42. The Bertz CT molecular complexity index is 659. The van der Waals surface area contributed by atoms with Gasteiger partial charge < -0.3 is 4.90 Å². The SMILES string of the molecule is CN(C)c1cc(C2CCC(CC#N)CC2)nc2ccnn12. The number of hydrogen-bond donors (Lipinski definition) is 0. The van der Waals surface area contributed by atoms with E-state index in [1.807, 2.05) is 24.7 Å². The van der Waals surface area contributed by atoms with Crippen molar-refractivity contribution < 1.29 is 0 Å². The zero-order chi connectivity index (χ0) is 14.8. The van der Waals surface area contributed by atoms with E-state index in [-0.39, 0.29) is 0 Å². The first-order valence-electron chi connectivity index (χ1n) is 7.58. The van der Waals surface area contributed by atoms with Crippen molar-refractivity contribution in [2.24, 2.45) is 5.92 Å². The maximum absolute atomic E-state index is 8.82. The van der Waals surface area contributed by atoms with Crippen LogP contribution in [0, 0.1) is 17.2 Å². The van der Waals surface area contributed by atoms with Crippen molar-refractivity contribution in [3.8, 4) is 6.07 Å². The van der Waals surface area contributed by atoms with Gasteiger partial charge in [0.25, 0.3) is 0 Å². The molecule has 2 aromatic rings. The van der Waals surface area contributed by atoms with Crippen molar-refractivity contribution >= 4 is 11.5 Å². The molecule has 2 aromatic heterocycles. The van der Waals surface area contributed by atoms with Crippen molar-refractivity contribution in [1.82, 2.24) is 14.6 Å². The minimum absolute atomic E-state index is 0.513. The molecule has 0 N–H and O–H groups in total. The van der Waals surface area contributed by atoms with Crippen molar-refractivity contribution in [3.05, 3.63) is 24.0 Å². The Morgan fingerprint density at radius 2 is 2.10 bits per heavy atom. The molecule has 0 amide bonds. The fraction of sp³-hybridized carbons (Fsp3) is 0.562. The molecule has 0 spiro atoms. The van der Waals surface area contributed by atoms with Crippen molar-refractivity contribution in [2.45, 2.75) is 38.0 Å². The molecule has 2 heterocycles. The molecule has 0 atom stereocenters. The van der Waals surface area contributed by atoms with Gasteiger partial charge in [-0.25, -0.2) is 4.98 Å². The Hall–Kier alpha value is -2.09. The van der Waals surface area contributed by atoms with Crippen LogP contribution >= 0.6 is 0 Å². The number of anilines is 1. The zero-order valence-corrected chi connectivity index (χ0v) is 12.7. The number of fused-ring (bicyclic) bond motifs is 1. The highest BCUT2D eigenvalue weighted by molar-refractivity contribution is 5.50. The van der Waals surface area contributed by atoms with E-state index >= 15 is 0 Å². The summed E-state index contributed by atoms with van der Waals surface area (Å²) in [5.74, 6) is 2.16. The summed E-state index contributed by atoms with van der Waals surface area (Å²) in [7, 11) is 4.06. The molecular weight excluding hydrogens is 262 g/mol. The highest BCUT2D eigenvalue weighted by Crippen LogP contribution is 2.37. The predicted molar refractivity (Wildman–Crippen MR) is 82.2 cm³/mol. The van der Waals surface area contributed by atoms with Gasteiger partial charge in [0.05, 0.1) is 12.3 Å². The molecule has 1 saturated carbocycles. The fourth-order valence-electron chi connectivity index (χ4n) is 3.23. The summed E-state index contributed by atoms with van der Waals surface area (Å²) < 4.78 is 1.88. The Morgan fingerprint density at radius 3 is 2.76 bits per heavy atom. The lowest BCUT2D eigenvalue weighted by molar-refractivity contribution is 0.327. The van der Waals surface area contributed by atoms with Crippen LogP contribution in [0.5, 0.6) is 0 Å². The molecule has 21 heavy (non-hydrogen) atoms. The number of aromatic nitrogens is 3. The molecule has 1 aliphatic rings. The van der Waals surface area contributed by atoms with Crippen LogP contribution in [0.4, 0.5) is 5.82 Å². The first kappa shape index (κ1) is 13.9. The van der Waals surface area contributed by atoms with Gasteiger partial charge in [0.1, 0.15) is 5.82 Å². The molecule has 0 saturated heterocycles. The zero-order valence-electron chi connectivity index (χ0n) is 12.7. The summed E-state index contributed by atoms with van der Waals surface area (Å²) in [5.41, 5.74) is 2.08. The molecular formula is C16H21N5. The third-order valence-electron chi connectivity index (χ3n) is 4.46. The van der Waals surface area contributed by atoms with E-state index in [1.54, 1.807) is 6.20 Å². The summed E-state index contributed by atoms with van der Waals surface area (Å²) in [5, 5.41) is 13.2. The number of rotatable bonds is 3. The molecule has 1 fully saturated rings. The van der Waals surface area contributed by atoms with Crippen LogP contribution < -0.4 is 4.90 Å². The van der Waals surface area contributed by atoms with Crippen LogP contribution in [-0.2, 0) is 0 Å². The summed E-state index contributed by atoms with van der Waals surface area (Å²) in [6.45, 7) is 0. The lowest BCUT2D eigenvalue weighted by Crippen LogP contribution is -2.18. The van der Waals surface area contributed by atoms with Crippen molar-refractivity contribution in [3.63, 3.8) is 0 Å². The summed E-state index contributed by atoms with van der Waals surface area (Å²) >= 11 is 0. The smallest absolute Gasteiger partial charge is 0.157 e. The molecule has 1 aliphatic carbocycles. The molecule has 0 bridgehead atoms. The van der Waals surface area contributed by atoms with Gasteiger partial charge >= 0.3 is 0 Å². The van der Waals surface area contributed by atoms with E-state index in [1.165, 1.54) is 5.69 Å². The molecule has 0 unspecified atom stereocenters. The van der Waals surface area contributed by atoms with E-state index < -0.39 is 0 Å². The normalized spacial score (nSPS) is 22.1. The van der Waals surface area contributed by atoms with E-state index in [0.29, 0.717) is 18.3 Å². The highest BCUT2D eigenvalue weighted by Gasteiger charge is 2.24. The van der Waals surface area contributed by atoms with Crippen LogP contribution in [0.3, 0.4) is 0 Å². The van der Waals surface area contributed by atoms with Gasteiger partial charge in [-0.05, 0) is 31.6 Å². The maximum Gasteiger partial charge on any atom is 0.157 e. The monoisotopic (exact) mass is 283 g/mol. The van der Waals surface area contributed by atoms with Gasteiger partial charge in [-0.2, -0.15) is 14.9 Å². The average molecular weight is 283 g/mol. The maximum atomic E-state index is 8.82. The predicted octanol–water partition coefficient (Wildman–Crippen LogP) is 2.98. The van der Waals surface area contributed by atoms with E-state index in [9.17, 15) is 0 Å². The van der Waals surface area contributed by atoms with Crippen LogP contribution in [0.25, 0.3) is 5.65 Å². The second kappa shape index (κ2) is 5.72. The van der Waals surface area contributed by atoms with E-state index in [0.717, 1.165) is 37.1 Å². The lowest BCUT2D eigenvalue weighted by atomic mass is 9.79. The quantitative estimate of drug-likeness (QED) is 0.869. The largest absolute Gasteiger partial charge is 0.363 e. The van der Waals surface area contributed by atoms with Crippen molar-refractivity contribution in [1.29, 1.82) is 5.26 Å². The van der Waals surface area contributed by atoms with Crippen LogP contribution in [0.1, 0.15) is 43.7 Å². The Morgan fingerprint density at radius 1 is 1.33 bits per heavy atom. The topological polar surface area (TPSA) is 57.2 Å². The average Bonchev–Trinajstić information content (AvgIpc) is 2.95. The van der Waals surface area contributed by atoms with Crippen LogP contribution in [0.2, 0.25) is 0 Å². The van der Waals surface area contributed by atoms with Crippen molar-refractivity contribution in [2.75, 3.05) is 19.0 Å². The Balaban J connectivity index is 1.86. The van der Waals surface area contributed by atoms with Gasteiger partial charge in [0, 0.05) is 44.3 Å². The Labute approximate surface area is 125 Å². The fourth-order valence-corrected chi connectivity index (χ4v) is 3.23. The molecule has 0 aromatic carbocycles. The Kier molecular flexibility index (Phi) is 3.78. The lowest BCUT2D eigenvalue weighted by Gasteiger charge is -2.27. The first-order chi connectivity index (χ1) is 10.2. The number of nitriles is 1. The standard InChI is InChI=1S/C16H21N5/c1-20(2)16-11-14(19-15-8-10-18-21(15)16)13-5-3-12(4-6-13)7-9-17/h8,10-13H,3-7H2,1-2H3. The number of nitrogens with zero attached hydrogens (tertiary/aromatic N) is 5. The molecule has 5 nitrogen and oxygen atoms in total. The first-order valence-corrected chi connectivity index (χ1v) is 7.58. The van der Waals surface area contributed by atoms with Gasteiger partial charge in [0.15, 0.2) is 5.65 Å². The second-order valence-corrected chi connectivity index (χ2v) is 6.11. The van der Waals surface area contributed by atoms with Gasteiger partial charge in [-0.1, -0.05) is 0 Å². The van der Waals surface area contributed by atoms with Gasteiger partial charge in [-0.3, -0.25) is 0 Å². The molecule has 5 heteroatoms. The molecule has 0 radical (unpaired) electrons. The summed E-state index contributed by atoms with van der Waals surface area (Å²) in [4.78, 5) is 6.86. The second-order valence-electron chi connectivity index (χ2n) is 6.11. The number of hydrogen-bond acceptors (Lipinski definition) is 4. The third kappa shape index (κ3) is 2.71. The van der Waals surface area contributed by atoms with E-state index in [2.05, 4.69) is 22.1 Å². The molecule has 110 valence electrons.